The third-order valence-corrected chi connectivity index (χ3v) is 2.54. The van der Waals surface area contributed by atoms with Gasteiger partial charge in [0, 0.05) is 12.3 Å². The molecule has 2 N–H and O–H groups in total. The summed E-state index contributed by atoms with van der Waals surface area (Å²) in [6.45, 7) is 4.04. The van der Waals surface area contributed by atoms with E-state index in [1.165, 1.54) is 5.56 Å². The van der Waals surface area contributed by atoms with Gasteiger partial charge in [0.2, 0.25) is 0 Å². The van der Waals surface area contributed by atoms with E-state index in [4.69, 9.17) is 11.0 Å². The Morgan fingerprint density at radius 2 is 2.06 bits per heavy atom. The maximum atomic E-state index is 8.66. The van der Waals surface area contributed by atoms with E-state index in [1.54, 1.807) is 0 Å². The largest absolute Gasteiger partial charge is 0.387 e. The van der Waals surface area contributed by atoms with E-state index < -0.39 is 0 Å². The van der Waals surface area contributed by atoms with Crippen molar-refractivity contribution >= 4 is 11.5 Å². The number of aliphatic imine (C=N–C) groups is 1. The predicted molar refractivity (Wildman–Crippen MR) is 66.5 cm³/mol. The monoisotopic (exact) mass is 215 g/mol. The highest BCUT2D eigenvalue weighted by molar-refractivity contribution is 5.85. The third kappa shape index (κ3) is 3.39. The molecule has 84 valence electrons. The summed E-state index contributed by atoms with van der Waals surface area (Å²) in [5.41, 5.74) is 7.93. The molecule has 1 atom stereocenters. The summed E-state index contributed by atoms with van der Waals surface area (Å²) in [4.78, 5) is 4.33. The number of rotatable bonds is 4. The predicted octanol–water partition coefficient (Wildman–Crippen LogP) is 2.92. The van der Waals surface area contributed by atoms with Crippen molar-refractivity contribution in [1.29, 1.82) is 5.26 Å². The normalized spacial score (nSPS) is 13.2. The first-order chi connectivity index (χ1) is 7.67. The standard InChI is InChI=1S/C13H17N3/c1-3-11(8-9-14)13(15)16-12-6-4-10(2)5-7-12/h4-7,11H,3,8H2,1-2H3,(H2,15,16). The van der Waals surface area contributed by atoms with E-state index in [0.29, 0.717) is 12.3 Å². The van der Waals surface area contributed by atoms with Crippen molar-refractivity contribution in [2.75, 3.05) is 0 Å². The molecule has 1 rings (SSSR count). The van der Waals surface area contributed by atoms with Crippen LogP contribution in [0.5, 0.6) is 0 Å². The summed E-state index contributed by atoms with van der Waals surface area (Å²) in [6.07, 6.45) is 1.27. The molecule has 1 unspecified atom stereocenters. The molecule has 0 aliphatic rings. The zero-order valence-corrected chi connectivity index (χ0v) is 9.77. The molecule has 0 radical (unpaired) electrons. The molecule has 0 bridgehead atoms. The second-order valence-electron chi connectivity index (χ2n) is 3.84. The van der Waals surface area contributed by atoms with Crippen LogP contribution in [0.4, 0.5) is 5.69 Å². The van der Waals surface area contributed by atoms with Crippen LogP contribution >= 0.6 is 0 Å². The molecule has 0 aromatic heterocycles. The second kappa shape index (κ2) is 5.92. The van der Waals surface area contributed by atoms with Crippen molar-refractivity contribution in [2.24, 2.45) is 16.6 Å². The minimum atomic E-state index is 0.0614. The summed E-state index contributed by atoms with van der Waals surface area (Å²) < 4.78 is 0. The number of aryl methyl sites for hydroxylation is 1. The van der Waals surface area contributed by atoms with Gasteiger partial charge < -0.3 is 5.73 Å². The minimum absolute atomic E-state index is 0.0614. The van der Waals surface area contributed by atoms with Crippen LogP contribution in [0, 0.1) is 24.2 Å². The first-order valence-electron chi connectivity index (χ1n) is 5.45. The fourth-order valence-corrected chi connectivity index (χ4v) is 1.43. The van der Waals surface area contributed by atoms with Gasteiger partial charge in [0.1, 0.15) is 5.84 Å². The lowest BCUT2D eigenvalue weighted by Crippen LogP contribution is -2.22. The summed E-state index contributed by atoms with van der Waals surface area (Å²) in [7, 11) is 0. The van der Waals surface area contributed by atoms with E-state index in [-0.39, 0.29) is 5.92 Å². The first kappa shape index (κ1) is 12.3. The highest BCUT2D eigenvalue weighted by Crippen LogP contribution is 2.15. The van der Waals surface area contributed by atoms with E-state index in [1.807, 2.05) is 38.1 Å². The van der Waals surface area contributed by atoms with Crippen LogP contribution in [0.1, 0.15) is 25.3 Å². The number of nitriles is 1. The van der Waals surface area contributed by atoms with Crippen LogP contribution in [0.25, 0.3) is 0 Å². The molecule has 1 aromatic rings. The molecule has 0 aliphatic heterocycles. The van der Waals surface area contributed by atoms with Gasteiger partial charge in [-0.05, 0) is 25.5 Å². The van der Waals surface area contributed by atoms with Gasteiger partial charge in [0.15, 0.2) is 0 Å². The number of hydrogen-bond donors (Lipinski definition) is 1. The maximum absolute atomic E-state index is 8.66. The van der Waals surface area contributed by atoms with Crippen LogP contribution < -0.4 is 5.73 Å². The van der Waals surface area contributed by atoms with Gasteiger partial charge in [-0.2, -0.15) is 5.26 Å². The van der Waals surface area contributed by atoms with Crippen LogP contribution in [0.2, 0.25) is 0 Å². The minimum Gasteiger partial charge on any atom is -0.387 e. The Morgan fingerprint density at radius 3 is 2.56 bits per heavy atom. The molecule has 3 nitrogen and oxygen atoms in total. The number of amidine groups is 1. The average molecular weight is 215 g/mol. The van der Waals surface area contributed by atoms with Crippen molar-refractivity contribution in [3.8, 4) is 6.07 Å². The molecule has 0 heterocycles. The average Bonchev–Trinajstić information content (AvgIpc) is 2.29. The van der Waals surface area contributed by atoms with Crippen molar-refractivity contribution in [2.45, 2.75) is 26.7 Å². The van der Waals surface area contributed by atoms with Crippen LogP contribution in [0.15, 0.2) is 29.3 Å². The van der Waals surface area contributed by atoms with Crippen molar-refractivity contribution < 1.29 is 0 Å². The maximum Gasteiger partial charge on any atom is 0.104 e. The molecule has 0 fully saturated rings. The van der Waals surface area contributed by atoms with E-state index in [9.17, 15) is 0 Å². The quantitative estimate of drug-likeness (QED) is 0.620. The first-order valence-corrected chi connectivity index (χ1v) is 5.45. The molecule has 0 spiro atoms. The van der Waals surface area contributed by atoms with Gasteiger partial charge in [-0.15, -0.1) is 0 Å². The lowest BCUT2D eigenvalue weighted by Gasteiger charge is -2.09. The molecule has 0 saturated carbocycles. The smallest absolute Gasteiger partial charge is 0.104 e. The Kier molecular flexibility index (Phi) is 4.53. The van der Waals surface area contributed by atoms with Crippen LogP contribution in [-0.4, -0.2) is 5.84 Å². The lowest BCUT2D eigenvalue weighted by atomic mass is 10.0. The van der Waals surface area contributed by atoms with Gasteiger partial charge in [-0.1, -0.05) is 24.6 Å². The Morgan fingerprint density at radius 1 is 1.44 bits per heavy atom. The Labute approximate surface area is 96.6 Å². The Balaban J connectivity index is 2.83. The highest BCUT2D eigenvalue weighted by atomic mass is 14.9. The number of hydrogen-bond acceptors (Lipinski definition) is 2. The topological polar surface area (TPSA) is 62.2 Å². The third-order valence-electron chi connectivity index (χ3n) is 2.54. The summed E-state index contributed by atoms with van der Waals surface area (Å²) >= 11 is 0. The molecule has 0 amide bonds. The van der Waals surface area contributed by atoms with E-state index >= 15 is 0 Å². The number of nitrogens with two attached hydrogens (primary N) is 1. The SMILES string of the molecule is CCC(CC#N)C(N)=Nc1ccc(C)cc1. The lowest BCUT2D eigenvalue weighted by molar-refractivity contribution is 0.677. The van der Waals surface area contributed by atoms with Crippen LogP contribution in [0.3, 0.4) is 0 Å². The van der Waals surface area contributed by atoms with E-state index in [0.717, 1.165) is 12.1 Å². The summed E-state index contributed by atoms with van der Waals surface area (Å²) in [6, 6.07) is 9.99. The molecule has 1 aromatic carbocycles. The van der Waals surface area contributed by atoms with Crippen molar-refractivity contribution in [1.82, 2.24) is 0 Å². The van der Waals surface area contributed by atoms with Gasteiger partial charge in [-0.3, -0.25) is 0 Å². The molecule has 16 heavy (non-hydrogen) atoms. The van der Waals surface area contributed by atoms with Gasteiger partial charge in [-0.25, -0.2) is 4.99 Å². The molecular formula is C13H17N3. The Bertz CT molecular complexity index is 398. The van der Waals surface area contributed by atoms with Gasteiger partial charge in [0.25, 0.3) is 0 Å². The molecule has 0 aliphatic carbocycles. The van der Waals surface area contributed by atoms with Crippen LogP contribution in [-0.2, 0) is 0 Å². The van der Waals surface area contributed by atoms with Crippen molar-refractivity contribution in [3.63, 3.8) is 0 Å². The van der Waals surface area contributed by atoms with Crippen molar-refractivity contribution in [3.05, 3.63) is 29.8 Å². The Hall–Kier alpha value is -1.82. The molecule has 0 saturated heterocycles. The molecule has 3 heteroatoms. The van der Waals surface area contributed by atoms with E-state index in [2.05, 4.69) is 11.1 Å². The molecular weight excluding hydrogens is 198 g/mol. The zero-order valence-electron chi connectivity index (χ0n) is 9.77. The zero-order chi connectivity index (χ0) is 12.0. The highest BCUT2D eigenvalue weighted by Gasteiger charge is 2.10. The summed E-state index contributed by atoms with van der Waals surface area (Å²) in [5, 5.41) is 8.66. The van der Waals surface area contributed by atoms with Gasteiger partial charge >= 0.3 is 0 Å². The fourth-order valence-electron chi connectivity index (χ4n) is 1.43. The summed E-state index contributed by atoms with van der Waals surface area (Å²) in [5.74, 6) is 0.610. The number of nitrogens with zero attached hydrogens (tertiary/aromatic N) is 2. The fraction of sp³-hybridized carbons (Fsp3) is 0.385. The van der Waals surface area contributed by atoms with Gasteiger partial charge in [0.05, 0.1) is 11.8 Å². The number of benzene rings is 1. The second-order valence-corrected chi connectivity index (χ2v) is 3.84.